The smallest absolute Gasteiger partial charge is 0.225 e. The fourth-order valence-corrected chi connectivity index (χ4v) is 6.66. The Morgan fingerprint density at radius 3 is 2.59 bits per heavy atom. The van der Waals surface area contributed by atoms with Crippen molar-refractivity contribution >= 4 is 32.8 Å². The van der Waals surface area contributed by atoms with E-state index in [4.69, 9.17) is 9.47 Å². The molecule has 6 nitrogen and oxygen atoms in total. The number of carbonyl (C=O) groups excluding carboxylic acids is 1. The molecule has 168 valence electrons. The predicted molar refractivity (Wildman–Crippen MR) is 125 cm³/mol. The molecule has 1 amide bonds. The van der Waals surface area contributed by atoms with Crippen molar-refractivity contribution in [3.05, 3.63) is 64.4 Å². The van der Waals surface area contributed by atoms with Crippen LogP contribution in [-0.4, -0.2) is 28.0 Å². The summed E-state index contributed by atoms with van der Waals surface area (Å²) >= 11 is 1.35. The van der Waals surface area contributed by atoms with Crippen molar-refractivity contribution in [2.45, 2.75) is 41.9 Å². The van der Waals surface area contributed by atoms with Gasteiger partial charge < -0.3 is 14.8 Å². The molecule has 2 aromatic carbocycles. The van der Waals surface area contributed by atoms with Crippen LogP contribution in [0.1, 0.15) is 42.5 Å². The highest BCUT2D eigenvalue weighted by molar-refractivity contribution is 7.91. The first-order valence-corrected chi connectivity index (χ1v) is 12.8. The number of fused-ring (bicyclic) bond motifs is 1. The molecule has 4 rings (SSSR count). The highest BCUT2D eigenvalue weighted by Gasteiger charge is 2.35. The average Bonchev–Trinajstić information content (AvgIpc) is 3.24. The number of nitrogens with one attached hydrogen (secondary N) is 1. The van der Waals surface area contributed by atoms with Crippen LogP contribution in [0.25, 0.3) is 0 Å². The second kappa shape index (κ2) is 9.34. The second-order valence-corrected chi connectivity index (χ2v) is 10.4. The molecule has 2 heterocycles. The summed E-state index contributed by atoms with van der Waals surface area (Å²) in [5.41, 5.74) is 1.27. The van der Waals surface area contributed by atoms with Gasteiger partial charge in [-0.1, -0.05) is 31.5 Å². The maximum atomic E-state index is 13.3. The molecular formula is C24H25NO5S2. The lowest BCUT2D eigenvalue weighted by Crippen LogP contribution is -2.23. The van der Waals surface area contributed by atoms with E-state index in [0.29, 0.717) is 18.0 Å². The molecule has 0 spiro atoms. The Labute approximate surface area is 192 Å². The van der Waals surface area contributed by atoms with Crippen LogP contribution in [0.4, 0.5) is 5.69 Å². The lowest BCUT2D eigenvalue weighted by atomic mass is 9.90. The van der Waals surface area contributed by atoms with Crippen molar-refractivity contribution in [3.63, 3.8) is 0 Å². The minimum absolute atomic E-state index is 0.116. The summed E-state index contributed by atoms with van der Waals surface area (Å²) in [4.78, 5) is 13.7. The van der Waals surface area contributed by atoms with Crippen LogP contribution in [0.15, 0.2) is 63.7 Å². The summed E-state index contributed by atoms with van der Waals surface area (Å²) in [5, 5.41) is 4.42. The minimum Gasteiger partial charge on any atom is -0.497 e. The topological polar surface area (TPSA) is 81.7 Å². The molecule has 0 aliphatic carbocycles. The third-order valence-electron chi connectivity index (χ3n) is 5.47. The first-order valence-electron chi connectivity index (χ1n) is 10.5. The van der Waals surface area contributed by atoms with Gasteiger partial charge >= 0.3 is 0 Å². The number of methoxy groups -OCH3 is 1. The Hall–Kier alpha value is -2.84. The highest BCUT2D eigenvalue weighted by Crippen LogP contribution is 2.47. The van der Waals surface area contributed by atoms with Gasteiger partial charge in [-0.15, -0.1) is 11.3 Å². The van der Waals surface area contributed by atoms with Crippen molar-refractivity contribution in [1.29, 1.82) is 0 Å². The fraction of sp³-hybridized carbons (Fsp3) is 0.292. The number of benzene rings is 2. The number of hydrogen-bond acceptors (Lipinski definition) is 6. The average molecular weight is 472 g/mol. The SMILES string of the molecule is CCCCOc1ccccc1[C@@H]1CC(=O)Nc2c(S(=O)(=O)c3ccc(OC)cc3)csc21. The number of unbranched alkanes of at least 4 members (excludes halogenated alkanes) is 1. The molecule has 1 N–H and O–H groups in total. The molecule has 8 heteroatoms. The van der Waals surface area contributed by atoms with E-state index in [-0.39, 0.29) is 28.0 Å². The summed E-state index contributed by atoms with van der Waals surface area (Å²) in [5.74, 6) is 0.834. The predicted octanol–water partition coefficient (Wildman–Crippen LogP) is 5.24. The van der Waals surface area contributed by atoms with E-state index in [2.05, 4.69) is 12.2 Å². The molecule has 1 aliphatic rings. The third-order valence-corrected chi connectivity index (χ3v) is 8.50. The van der Waals surface area contributed by atoms with Gasteiger partial charge in [0.1, 0.15) is 16.4 Å². The number of anilines is 1. The largest absolute Gasteiger partial charge is 0.497 e. The number of carbonyl (C=O) groups is 1. The van der Waals surface area contributed by atoms with Gasteiger partial charge in [0, 0.05) is 28.2 Å². The van der Waals surface area contributed by atoms with Crippen molar-refractivity contribution < 1.29 is 22.7 Å². The van der Waals surface area contributed by atoms with Crippen LogP contribution in [0.2, 0.25) is 0 Å². The Bertz CT molecular complexity index is 1220. The van der Waals surface area contributed by atoms with E-state index < -0.39 is 9.84 Å². The molecule has 1 aliphatic heterocycles. The lowest BCUT2D eigenvalue weighted by molar-refractivity contribution is -0.116. The fourth-order valence-electron chi connectivity index (χ4n) is 3.76. The second-order valence-electron chi connectivity index (χ2n) is 7.56. The van der Waals surface area contributed by atoms with Crippen LogP contribution in [0.3, 0.4) is 0 Å². The molecule has 32 heavy (non-hydrogen) atoms. The van der Waals surface area contributed by atoms with Gasteiger partial charge in [0.2, 0.25) is 15.7 Å². The highest BCUT2D eigenvalue weighted by atomic mass is 32.2. The molecule has 1 aromatic heterocycles. The summed E-state index contributed by atoms with van der Waals surface area (Å²) in [6.45, 7) is 2.70. The van der Waals surface area contributed by atoms with Gasteiger partial charge in [0.15, 0.2) is 0 Å². The minimum atomic E-state index is -3.81. The number of rotatable bonds is 8. The molecule has 0 bridgehead atoms. The van der Waals surface area contributed by atoms with Gasteiger partial charge in [-0.3, -0.25) is 4.79 Å². The quantitative estimate of drug-likeness (QED) is 0.454. The molecule has 3 aromatic rings. The Balaban J connectivity index is 1.74. The summed E-state index contributed by atoms with van der Waals surface area (Å²) in [7, 11) is -2.28. The number of thiophene rings is 1. The van der Waals surface area contributed by atoms with Crippen molar-refractivity contribution in [2.75, 3.05) is 19.0 Å². The molecule has 0 saturated carbocycles. The van der Waals surface area contributed by atoms with E-state index >= 15 is 0 Å². The standard InChI is InChI=1S/C24H25NO5S2/c1-3-4-13-30-20-8-6-5-7-18(20)19-14-22(26)25-23-21(15-31-24(19)23)32(27,28)17-11-9-16(29-2)10-12-17/h5-12,15,19H,3-4,13-14H2,1-2H3,(H,25,26)/t19-/m0/s1. The van der Waals surface area contributed by atoms with Crippen LogP contribution in [0, 0.1) is 0 Å². The number of hydrogen-bond donors (Lipinski definition) is 1. The van der Waals surface area contributed by atoms with Crippen LogP contribution in [-0.2, 0) is 14.6 Å². The van der Waals surface area contributed by atoms with Gasteiger partial charge in [-0.05, 0) is 36.8 Å². The summed E-state index contributed by atoms with van der Waals surface area (Å²) < 4.78 is 37.8. The maximum Gasteiger partial charge on any atom is 0.225 e. The first-order chi connectivity index (χ1) is 15.5. The van der Waals surface area contributed by atoms with Crippen molar-refractivity contribution in [1.82, 2.24) is 0 Å². The molecule has 1 atom stereocenters. The third kappa shape index (κ3) is 4.25. The van der Waals surface area contributed by atoms with E-state index in [1.165, 1.54) is 30.6 Å². The van der Waals surface area contributed by atoms with E-state index in [1.807, 2.05) is 24.3 Å². The van der Waals surface area contributed by atoms with Crippen molar-refractivity contribution in [2.24, 2.45) is 0 Å². The molecule has 0 saturated heterocycles. The van der Waals surface area contributed by atoms with E-state index in [9.17, 15) is 13.2 Å². The van der Waals surface area contributed by atoms with Crippen molar-refractivity contribution in [3.8, 4) is 11.5 Å². The zero-order valence-corrected chi connectivity index (χ0v) is 19.6. The van der Waals surface area contributed by atoms with Crippen LogP contribution in [0.5, 0.6) is 11.5 Å². The lowest BCUT2D eigenvalue weighted by Gasteiger charge is -2.25. The molecular weight excluding hydrogens is 446 g/mol. The van der Waals surface area contributed by atoms with E-state index in [0.717, 1.165) is 29.0 Å². The molecule has 0 fully saturated rings. The normalized spacial score (nSPS) is 15.7. The van der Waals surface area contributed by atoms with Gasteiger partial charge in [-0.2, -0.15) is 0 Å². The monoisotopic (exact) mass is 471 g/mol. The van der Waals surface area contributed by atoms with Gasteiger partial charge in [0.25, 0.3) is 0 Å². The Morgan fingerprint density at radius 2 is 1.88 bits per heavy atom. The van der Waals surface area contributed by atoms with Crippen LogP contribution >= 0.6 is 11.3 Å². The van der Waals surface area contributed by atoms with Crippen LogP contribution < -0.4 is 14.8 Å². The van der Waals surface area contributed by atoms with Gasteiger partial charge in [0.05, 0.1) is 24.3 Å². The Morgan fingerprint density at radius 1 is 1.12 bits per heavy atom. The summed E-state index contributed by atoms with van der Waals surface area (Å²) in [6, 6.07) is 13.9. The Kier molecular flexibility index (Phi) is 6.53. The number of para-hydroxylation sites is 1. The number of sulfone groups is 1. The van der Waals surface area contributed by atoms with E-state index in [1.54, 1.807) is 17.5 Å². The first kappa shape index (κ1) is 22.4. The van der Waals surface area contributed by atoms with Gasteiger partial charge in [-0.25, -0.2) is 8.42 Å². The number of amides is 1. The zero-order chi connectivity index (χ0) is 22.7. The summed E-state index contributed by atoms with van der Waals surface area (Å²) in [6.07, 6.45) is 2.20. The number of ether oxygens (including phenoxy) is 2. The zero-order valence-electron chi connectivity index (χ0n) is 18.0. The molecule has 0 unspecified atom stereocenters. The molecule has 0 radical (unpaired) electrons. The maximum absolute atomic E-state index is 13.3.